The molecule has 0 unspecified atom stereocenters. The first-order valence-electron chi connectivity index (χ1n) is 8.90. The molecule has 2 N–H and O–H groups in total. The van der Waals surface area contributed by atoms with E-state index in [4.69, 9.17) is 0 Å². The summed E-state index contributed by atoms with van der Waals surface area (Å²) >= 11 is 0. The van der Waals surface area contributed by atoms with Gasteiger partial charge in [-0.05, 0) is 102 Å². The molecular formula is C18H34N2. The van der Waals surface area contributed by atoms with E-state index in [1.807, 2.05) is 0 Å². The summed E-state index contributed by atoms with van der Waals surface area (Å²) in [6.07, 6.45) is 10.5. The third kappa shape index (κ3) is 3.57. The highest BCUT2D eigenvalue weighted by atomic mass is 15.0. The molecule has 116 valence electrons. The smallest absolute Gasteiger partial charge is 0.00965 e. The Morgan fingerprint density at radius 2 is 1.45 bits per heavy atom. The largest absolute Gasteiger partial charge is 0.316 e. The van der Waals surface area contributed by atoms with E-state index in [-0.39, 0.29) is 5.54 Å². The van der Waals surface area contributed by atoms with Crippen molar-refractivity contribution in [2.75, 3.05) is 19.6 Å². The molecule has 4 aliphatic carbocycles. The summed E-state index contributed by atoms with van der Waals surface area (Å²) in [5.41, 5.74) is 0.964. The van der Waals surface area contributed by atoms with Crippen molar-refractivity contribution in [1.82, 2.24) is 10.6 Å². The van der Waals surface area contributed by atoms with Crippen molar-refractivity contribution in [3.8, 4) is 0 Å². The third-order valence-electron chi connectivity index (χ3n) is 5.85. The van der Waals surface area contributed by atoms with Crippen molar-refractivity contribution in [2.24, 2.45) is 23.2 Å². The molecule has 4 fully saturated rings. The molecule has 4 saturated carbocycles. The van der Waals surface area contributed by atoms with Crippen molar-refractivity contribution in [3.63, 3.8) is 0 Å². The highest BCUT2D eigenvalue weighted by molar-refractivity contribution is 5.02. The average molecular weight is 278 g/mol. The maximum atomic E-state index is 3.79. The monoisotopic (exact) mass is 278 g/mol. The van der Waals surface area contributed by atoms with Crippen LogP contribution in [0.25, 0.3) is 0 Å². The molecule has 4 aliphatic rings. The van der Waals surface area contributed by atoms with Gasteiger partial charge in [-0.1, -0.05) is 0 Å². The molecule has 0 aromatic carbocycles. The Morgan fingerprint density at radius 1 is 0.900 bits per heavy atom. The van der Waals surface area contributed by atoms with Crippen LogP contribution in [-0.2, 0) is 0 Å². The lowest BCUT2D eigenvalue weighted by atomic mass is 9.49. The van der Waals surface area contributed by atoms with Crippen LogP contribution >= 0.6 is 0 Å². The zero-order valence-electron chi connectivity index (χ0n) is 13.8. The van der Waals surface area contributed by atoms with E-state index in [1.54, 1.807) is 19.3 Å². The zero-order valence-corrected chi connectivity index (χ0v) is 13.8. The van der Waals surface area contributed by atoms with Crippen LogP contribution in [0.4, 0.5) is 0 Å². The van der Waals surface area contributed by atoms with Crippen molar-refractivity contribution in [3.05, 3.63) is 0 Å². The van der Waals surface area contributed by atoms with Crippen molar-refractivity contribution < 1.29 is 0 Å². The number of hydrogen-bond acceptors (Lipinski definition) is 2. The van der Waals surface area contributed by atoms with Crippen LogP contribution in [0.2, 0.25) is 0 Å². The topological polar surface area (TPSA) is 24.1 Å². The van der Waals surface area contributed by atoms with Crippen molar-refractivity contribution in [2.45, 2.75) is 71.3 Å². The Bertz CT molecular complexity index is 294. The molecular weight excluding hydrogens is 244 g/mol. The lowest BCUT2D eigenvalue weighted by Gasteiger charge is -2.57. The minimum absolute atomic E-state index is 0.264. The Morgan fingerprint density at radius 3 is 1.95 bits per heavy atom. The van der Waals surface area contributed by atoms with Gasteiger partial charge in [0.15, 0.2) is 0 Å². The predicted octanol–water partition coefficient (Wildman–Crippen LogP) is 3.57. The van der Waals surface area contributed by atoms with Gasteiger partial charge in [0.2, 0.25) is 0 Å². The normalized spacial score (nSPS) is 39.5. The summed E-state index contributed by atoms with van der Waals surface area (Å²) in [4.78, 5) is 0. The molecule has 0 spiro atoms. The molecule has 2 nitrogen and oxygen atoms in total. The molecule has 0 aliphatic heterocycles. The van der Waals surface area contributed by atoms with Gasteiger partial charge >= 0.3 is 0 Å². The van der Waals surface area contributed by atoms with Crippen LogP contribution in [-0.4, -0.2) is 25.2 Å². The summed E-state index contributed by atoms with van der Waals surface area (Å²) in [6, 6.07) is 0. The third-order valence-corrected chi connectivity index (χ3v) is 5.85. The maximum absolute atomic E-state index is 3.79. The Hall–Kier alpha value is -0.0800. The first kappa shape index (κ1) is 14.8. The van der Waals surface area contributed by atoms with E-state index in [0.717, 1.165) is 24.3 Å². The summed E-state index contributed by atoms with van der Waals surface area (Å²) < 4.78 is 0. The fourth-order valence-electron chi connectivity index (χ4n) is 5.54. The molecule has 0 heterocycles. The van der Waals surface area contributed by atoms with Gasteiger partial charge < -0.3 is 10.6 Å². The van der Waals surface area contributed by atoms with Gasteiger partial charge in [0.05, 0.1) is 0 Å². The second kappa shape index (κ2) is 5.61. The minimum atomic E-state index is 0.264. The summed E-state index contributed by atoms with van der Waals surface area (Å²) in [5.74, 6) is 3.27. The Balaban J connectivity index is 1.37. The number of nitrogens with one attached hydrogen (secondary N) is 2. The molecule has 0 aromatic rings. The van der Waals surface area contributed by atoms with Crippen molar-refractivity contribution in [1.29, 1.82) is 0 Å². The van der Waals surface area contributed by atoms with E-state index in [1.165, 1.54) is 38.8 Å². The molecule has 2 heteroatoms. The van der Waals surface area contributed by atoms with Crippen LogP contribution in [0.15, 0.2) is 0 Å². The second-order valence-corrected chi connectivity index (χ2v) is 9.12. The van der Waals surface area contributed by atoms with E-state index < -0.39 is 0 Å². The Labute approximate surface area is 125 Å². The van der Waals surface area contributed by atoms with Gasteiger partial charge in [-0.2, -0.15) is 0 Å². The zero-order chi connectivity index (χ0) is 14.2. The molecule has 0 atom stereocenters. The van der Waals surface area contributed by atoms with Crippen LogP contribution in [0.1, 0.15) is 65.7 Å². The summed E-state index contributed by atoms with van der Waals surface area (Å²) in [5, 5.41) is 7.36. The van der Waals surface area contributed by atoms with Crippen LogP contribution in [0.5, 0.6) is 0 Å². The van der Waals surface area contributed by atoms with Gasteiger partial charge in [-0.15, -0.1) is 0 Å². The highest BCUT2D eigenvalue weighted by Crippen LogP contribution is 2.59. The van der Waals surface area contributed by atoms with Gasteiger partial charge in [0.1, 0.15) is 0 Å². The molecule has 0 amide bonds. The molecule has 0 aromatic heterocycles. The first-order valence-corrected chi connectivity index (χ1v) is 8.90. The second-order valence-electron chi connectivity index (χ2n) is 9.12. The van der Waals surface area contributed by atoms with Gasteiger partial charge in [-0.3, -0.25) is 0 Å². The quantitative estimate of drug-likeness (QED) is 0.726. The molecule has 4 bridgehead atoms. The van der Waals surface area contributed by atoms with Crippen LogP contribution in [0.3, 0.4) is 0 Å². The van der Waals surface area contributed by atoms with E-state index in [0.29, 0.717) is 5.41 Å². The standard InChI is InChI=1S/C18H34N2/c1-17(2,3)20-6-4-5-19-13-18-10-14-7-15(11-18)9-16(8-14)12-18/h14-16,19-20H,4-13H2,1-3H3. The molecule has 0 radical (unpaired) electrons. The maximum Gasteiger partial charge on any atom is 0.00965 e. The first-order chi connectivity index (χ1) is 9.44. The summed E-state index contributed by atoms with van der Waals surface area (Å²) in [7, 11) is 0. The van der Waals surface area contributed by atoms with E-state index >= 15 is 0 Å². The van der Waals surface area contributed by atoms with Crippen molar-refractivity contribution >= 4 is 0 Å². The summed E-state index contributed by atoms with van der Waals surface area (Å²) in [6.45, 7) is 10.4. The van der Waals surface area contributed by atoms with E-state index in [2.05, 4.69) is 31.4 Å². The highest BCUT2D eigenvalue weighted by Gasteiger charge is 2.50. The van der Waals surface area contributed by atoms with E-state index in [9.17, 15) is 0 Å². The Kier molecular flexibility index (Phi) is 4.16. The average Bonchev–Trinajstić information content (AvgIpc) is 2.30. The fraction of sp³-hybridized carbons (Fsp3) is 1.00. The number of rotatable bonds is 6. The van der Waals surface area contributed by atoms with Crippen LogP contribution < -0.4 is 10.6 Å². The molecule has 0 saturated heterocycles. The van der Waals surface area contributed by atoms with Gasteiger partial charge in [0, 0.05) is 12.1 Å². The van der Waals surface area contributed by atoms with Gasteiger partial charge in [-0.25, -0.2) is 0 Å². The van der Waals surface area contributed by atoms with Crippen LogP contribution in [0, 0.1) is 23.2 Å². The number of hydrogen-bond donors (Lipinski definition) is 2. The fourth-order valence-corrected chi connectivity index (χ4v) is 5.54. The predicted molar refractivity (Wildman–Crippen MR) is 85.8 cm³/mol. The lowest BCUT2D eigenvalue weighted by Crippen LogP contribution is -2.50. The lowest BCUT2D eigenvalue weighted by molar-refractivity contribution is -0.0512. The molecule has 20 heavy (non-hydrogen) atoms. The molecule has 4 rings (SSSR count). The SMILES string of the molecule is CC(C)(C)NCCCNCC12CC3CC(CC(C3)C1)C2. The minimum Gasteiger partial charge on any atom is -0.316 e. The van der Waals surface area contributed by atoms with Gasteiger partial charge in [0.25, 0.3) is 0 Å².